The van der Waals surface area contributed by atoms with Crippen molar-refractivity contribution in [3.8, 4) is 0 Å². The Balaban J connectivity index is 2.17. The Hall–Kier alpha value is -2.10. The van der Waals surface area contributed by atoms with Crippen LogP contribution in [0.2, 0.25) is 0 Å². The van der Waals surface area contributed by atoms with Crippen molar-refractivity contribution < 1.29 is 14.7 Å². The third-order valence-electron chi connectivity index (χ3n) is 3.01. The highest BCUT2D eigenvalue weighted by molar-refractivity contribution is 5.97. The number of hydrogen-bond acceptors (Lipinski definition) is 4. The Kier molecular flexibility index (Phi) is 3.77. The summed E-state index contributed by atoms with van der Waals surface area (Å²) in [6.07, 6.45) is 4.88. The van der Waals surface area contributed by atoms with E-state index >= 15 is 0 Å². The second-order valence-electron chi connectivity index (χ2n) is 4.28. The first-order valence-electron chi connectivity index (χ1n) is 5.97. The summed E-state index contributed by atoms with van der Waals surface area (Å²) in [6, 6.07) is 6.49. The lowest BCUT2D eigenvalue weighted by molar-refractivity contribution is -0.254. The molecule has 1 saturated carbocycles. The lowest BCUT2D eigenvalue weighted by Crippen LogP contribution is -2.23. The molecule has 0 aromatic heterocycles. The van der Waals surface area contributed by atoms with E-state index in [9.17, 15) is 14.7 Å². The Morgan fingerprint density at radius 1 is 1.22 bits per heavy atom. The zero-order valence-corrected chi connectivity index (χ0v) is 9.94. The number of rotatable bonds is 3. The van der Waals surface area contributed by atoms with Crippen molar-refractivity contribution in [2.45, 2.75) is 25.7 Å². The number of hydrogen-bond donors (Lipinski definition) is 1. The first kappa shape index (κ1) is 12.4. The third kappa shape index (κ3) is 2.77. The van der Waals surface area contributed by atoms with E-state index in [2.05, 4.69) is 5.32 Å². The van der Waals surface area contributed by atoms with Crippen molar-refractivity contribution in [3.63, 3.8) is 0 Å². The van der Waals surface area contributed by atoms with Gasteiger partial charge in [-0.1, -0.05) is 18.2 Å². The number of carbonyl (C=O) groups is 2. The van der Waals surface area contributed by atoms with Gasteiger partial charge in [-0.25, -0.2) is 0 Å². The molecule has 1 aromatic rings. The number of nitrogens with one attached hydrogen (secondary N) is 1. The minimum atomic E-state index is -1.23. The summed E-state index contributed by atoms with van der Waals surface area (Å²) in [7, 11) is 0. The van der Waals surface area contributed by atoms with Gasteiger partial charge in [0.05, 0.1) is 5.97 Å². The molecule has 0 heterocycles. The molecule has 1 fully saturated rings. The molecule has 1 aliphatic rings. The summed E-state index contributed by atoms with van der Waals surface area (Å²) in [5, 5.41) is 13.8. The molecule has 1 aliphatic carbocycles. The highest BCUT2D eigenvalue weighted by atomic mass is 16.4. The van der Waals surface area contributed by atoms with Gasteiger partial charge in [0.25, 0.3) is 0 Å². The van der Waals surface area contributed by atoms with Gasteiger partial charge in [0.15, 0.2) is 5.78 Å². The third-order valence-corrected chi connectivity index (χ3v) is 3.01. The molecule has 1 aromatic carbocycles. The van der Waals surface area contributed by atoms with Crippen LogP contribution in [0.25, 0.3) is 0 Å². The molecule has 0 saturated heterocycles. The van der Waals surface area contributed by atoms with Crippen LogP contribution in [0.15, 0.2) is 36.0 Å². The molecule has 4 heteroatoms. The molecular formula is C14H14NO3-. The molecule has 0 unspecified atom stereocenters. The van der Waals surface area contributed by atoms with Gasteiger partial charge in [-0.15, -0.1) is 0 Å². The number of benzene rings is 1. The van der Waals surface area contributed by atoms with Crippen LogP contribution in [0.3, 0.4) is 0 Å². The van der Waals surface area contributed by atoms with Crippen LogP contribution in [0.1, 0.15) is 36.0 Å². The van der Waals surface area contributed by atoms with Crippen LogP contribution in [0.4, 0.5) is 5.69 Å². The fourth-order valence-corrected chi connectivity index (χ4v) is 2.01. The maximum Gasteiger partial charge on any atom is 0.160 e. The number of aromatic carboxylic acids is 1. The highest BCUT2D eigenvalue weighted by Gasteiger charge is 2.14. The molecule has 2 rings (SSSR count). The molecule has 4 nitrogen and oxygen atoms in total. The predicted molar refractivity (Wildman–Crippen MR) is 66.0 cm³/mol. The Labute approximate surface area is 105 Å². The highest BCUT2D eigenvalue weighted by Crippen LogP contribution is 2.21. The van der Waals surface area contributed by atoms with Crippen molar-refractivity contribution in [1.82, 2.24) is 0 Å². The van der Waals surface area contributed by atoms with E-state index in [0.29, 0.717) is 12.1 Å². The number of Topliss-reactive ketones (excluding diaryl/α,β-unsaturated/α-hetero) is 1. The van der Waals surface area contributed by atoms with Crippen LogP contribution in [0.5, 0.6) is 0 Å². The molecule has 0 bridgehead atoms. The van der Waals surface area contributed by atoms with Crippen molar-refractivity contribution >= 4 is 17.4 Å². The molecule has 0 aliphatic heterocycles. The number of carboxylic acids is 1. The van der Waals surface area contributed by atoms with E-state index in [4.69, 9.17) is 0 Å². The van der Waals surface area contributed by atoms with Gasteiger partial charge in [-0.2, -0.15) is 0 Å². The Morgan fingerprint density at radius 3 is 2.67 bits per heavy atom. The van der Waals surface area contributed by atoms with Gasteiger partial charge < -0.3 is 15.2 Å². The summed E-state index contributed by atoms with van der Waals surface area (Å²) >= 11 is 0. The van der Waals surface area contributed by atoms with E-state index in [1.807, 2.05) is 0 Å². The van der Waals surface area contributed by atoms with Gasteiger partial charge >= 0.3 is 0 Å². The first-order chi connectivity index (χ1) is 8.68. The number of carboxylic acid groups (broad SMARTS) is 1. The number of anilines is 1. The van der Waals surface area contributed by atoms with E-state index in [1.54, 1.807) is 24.4 Å². The molecule has 94 valence electrons. The smallest absolute Gasteiger partial charge is 0.160 e. The van der Waals surface area contributed by atoms with Crippen molar-refractivity contribution in [2.75, 3.05) is 5.32 Å². The molecular weight excluding hydrogens is 230 g/mol. The molecule has 18 heavy (non-hydrogen) atoms. The van der Waals surface area contributed by atoms with Gasteiger partial charge in [0.2, 0.25) is 0 Å². The van der Waals surface area contributed by atoms with Crippen molar-refractivity contribution in [3.05, 3.63) is 41.6 Å². The molecule has 0 spiro atoms. The lowest BCUT2D eigenvalue weighted by atomic mass is 9.94. The van der Waals surface area contributed by atoms with Crippen LogP contribution in [0, 0.1) is 0 Å². The zero-order valence-electron chi connectivity index (χ0n) is 9.94. The first-order valence-corrected chi connectivity index (χ1v) is 5.97. The number of allylic oxidation sites excluding steroid dienone is 1. The topological polar surface area (TPSA) is 69.2 Å². The number of carbonyl (C=O) groups excluding carboxylic acids is 2. The average Bonchev–Trinajstić information content (AvgIpc) is 2.38. The SMILES string of the molecule is O=C1CCCCC1=CNc1ccccc1C(=O)[O-]. The predicted octanol–water partition coefficient (Wildman–Crippen LogP) is 1.49. The minimum absolute atomic E-state index is 0.0950. The Morgan fingerprint density at radius 2 is 1.94 bits per heavy atom. The lowest BCUT2D eigenvalue weighted by Gasteiger charge is -2.14. The van der Waals surface area contributed by atoms with Crippen LogP contribution < -0.4 is 10.4 Å². The molecule has 0 atom stereocenters. The number of para-hydroxylation sites is 1. The van der Waals surface area contributed by atoms with Gasteiger partial charge in [-0.3, -0.25) is 4.79 Å². The van der Waals surface area contributed by atoms with Gasteiger partial charge in [0.1, 0.15) is 0 Å². The fourth-order valence-electron chi connectivity index (χ4n) is 2.01. The van der Waals surface area contributed by atoms with E-state index < -0.39 is 5.97 Å². The van der Waals surface area contributed by atoms with E-state index in [-0.39, 0.29) is 11.3 Å². The van der Waals surface area contributed by atoms with Gasteiger partial charge in [-0.05, 0) is 25.3 Å². The summed E-state index contributed by atoms with van der Waals surface area (Å²) in [5.74, 6) is -1.09. The fraction of sp³-hybridized carbons (Fsp3) is 0.286. The zero-order chi connectivity index (χ0) is 13.0. The molecule has 0 radical (unpaired) electrons. The van der Waals surface area contributed by atoms with Gasteiger partial charge in [0, 0.05) is 29.4 Å². The summed E-state index contributed by atoms with van der Waals surface area (Å²) in [5.41, 5.74) is 1.27. The number of ketones is 1. The quantitative estimate of drug-likeness (QED) is 0.818. The maximum atomic E-state index is 11.6. The van der Waals surface area contributed by atoms with Crippen molar-refractivity contribution in [2.24, 2.45) is 0 Å². The minimum Gasteiger partial charge on any atom is -0.545 e. The van der Waals surface area contributed by atoms with E-state index in [0.717, 1.165) is 24.8 Å². The molecule has 0 amide bonds. The van der Waals surface area contributed by atoms with Crippen LogP contribution in [-0.4, -0.2) is 11.8 Å². The summed E-state index contributed by atoms with van der Waals surface area (Å²) < 4.78 is 0. The largest absolute Gasteiger partial charge is 0.545 e. The maximum absolute atomic E-state index is 11.6. The molecule has 1 N–H and O–H groups in total. The summed E-state index contributed by atoms with van der Waals surface area (Å²) in [6.45, 7) is 0. The Bertz CT molecular complexity index is 506. The van der Waals surface area contributed by atoms with Crippen LogP contribution in [-0.2, 0) is 4.79 Å². The van der Waals surface area contributed by atoms with Crippen molar-refractivity contribution in [1.29, 1.82) is 0 Å². The summed E-state index contributed by atoms with van der Waals surface area (Å²) in [4.78, 5) is 22.5. The van der Waals surface area contributed by atoms with E-state index in [1.165, 1.54) is 6.07 Å². The standard InChI is InChI=1S/C14H15NO3/c16-13-8-4-1-5-10(13)9-15-12-7-3-2-6-11(12)14(17)18/h2-3,6-7,9,15H,1,4-5,8H2,(H,17,18)/p-1. The normalized spacial score (nSPS) is 17.8. The average molecular weight is 244 g/mol. The van der Waals surface area contributed by atoms with Crippen LogP contribution >= 0.6 is 0 Å². The second kappa shape index (κ2) is 5.49. The second-order valence-corrected chi connectivity index (χ2v) is 4.28. The monoisotopic (exact) mass is 244 g/mol.